The lowest BCUT2D eigenvalue weighted by Gasteiger charge is -2.40. The van der Waals surface area contributed by atoms with Crippen LogP contribution in [0.4, 0.5) is 0 Å². The number of carbonyl (C=O) groups is 2. The third-order valence-electron chi connectivity index (χ3n) is 3.65. The van der Waals surface area contributed by atoms with E-state index >= 15 is 0 Å². The van der Waals surface area contributed by atoms with Crippen LogP contribution < -0.4 is 5.32 Å². The second-order valence-electron chi connectivity index (χ2n) is 5.58. The Morgan fingerprint density at radius 1 is 1.20 bits per heavy atom. The van der Waals surface area contributed by atoms with E-state index in [9.17, 15) is 9.59 Å². The van der Waals surface area contributed by atoms with Gasteiger partial charge in [-0.25, -0.2) is 0 Å². The molecule has 1 saturated heterocycles. The number of nitrogens with one attached hydrogen (secondary N) is 1. The summed E-state index contributed by atoms with van der Waals surface area (Å²) in [4.78, 5) is 26.8. The first-order valence-electron chi connectivity index (χ1n) is 7.22. The minimum Gasteiger partial charge on any atom is -0.342 e. The Hall–Kier alpha value is -1.84. The number of hydrogen-bond donors (Lipinski definition) is 1. The van der Waals surface area contributed by atoms with Crippen molar-refractivity contribution in [2.75, 3.05) is 6.54 Å². The molecule has 1 heterocycles. The number of rotatable bonds is 4. The van der Waals surface area contributed by atoms with Gasteiger partial charge in [0.15, 0.2) is 0 Å². The predicted octanol–water partition coefficient (Wildman–Crippen LogP) is 2.12. The lowest BCUT2D eigenvalue weighted by molar-refractivity contribution is -0.151. The van der Waals surface area contributed by atoms with Crippen LogP contribution in [0.3, 0.4) is 0 Å². The summed E-state index contributed by atoms with van der Waals surface area (Å²) in [5, 5.41) is 2.87. The smallest absolute Gasteiger partial charge is 0.248 e. The standard InChI is InChI=1S/C16H22N2O2/c1-4-10-18-14(12-8-6-5-7-9-12)15(19)17-13(11(2)3)16(18)20/h5-9,11,13-14H,4,10H2,1-3H3,(H,17,19). The molecule has 108 valence electrons. The van der Waals surface area contributed by atoms with Gasteiger partial charge >= 0.3 is 0 Å². The average Bonchev–Trinajstić information content (AvgIpc) is 2.43. The van der Waals surface area contributed by atoms with E-state index in [1.807, 2.05) is 51.1 Å². The molecular formula is C16H22N2O2. The highest BCUT2D eigenvalue weighted by Crippen LogP contribution is 2.27. The van der Waals surface area contributed by atoms with Gasteiger partial charge in [0.2, 0.25) is 11.8 Å². The van der Waals surface area contributed by atoms with Gasteiger partial charge in [0.25, 0.3) is 0 Å². The van der Waals surface area contributed by atoms with E-state index in [0.29, 0.717) is 6.54 Å². The molecule has 2 amide bonds. The minimum absolute atomic E-state index is 0.0234. The molecule has 0 aliphatic carbocycles. The number of nitrogens with zero attached hydrogens (tertiary/aromatic N) is 1. The molecule has 0 radical (unpaired) electrons. The fourth-order valence-corrected chi connectivity index (χ4v) is 2.64. The predicted molar refractivity (Wildman–Crippen MR) is 78.0 cm³/mol. The Morgan fingerprint density at radius 2 is 1.85 bits per heavy atom. The van der Waals surface area contributed by atoms with E-state index in [0.717, 1.165) is 12.0 Å². The molecule has 1 aliphatic rings. The van der Waals surface area contributed by atoms with Gasteiger partial charge in [-0.15, -0.1) is 0 Å². The molecule has 2 unspecified atom stereocenters. The lowest BCUT2D eigenvalue weighted by atomic mass is 9.94. The topological polar surface area (TPSA) is 49.4 Å². The molecule has 4 heteroatoms. The number of piperazine rings is 1. The van der Waals surface area contributed by atoms with Crippen molar-refractivity contribution in [1.29, 1.82) is 0 Å². The van der Waals surface area contributed by atoms with Gasteiger partial charge in [0.1, 0.15) is 12.1 Å². The zero-order valence-electron chi connectivity index (χ0n) is 12.3. The first kappa shape index (κ1) is 14.6. The highest BCUT2D eigenvalue weighted by molar-refractivity contribution is 5.97. The fourth-order valence-electron chi connectivity index (χ4n) is 2.64. The van der Waals surface area contributed by atoms with Gasteiger partial charge in [0.05, 0.1) is 0 Å². The van der Waals surface area contributed by atoms with Gasteiger partial charge in [-0.2, -0.15) is 0 Å². The first-order valence-corrected chi connectivity index (χ1v) is 7.22. The minimum atomic E-state index is -0.501. The normalized spacial score (nSPS) is 23.1. The largest absolute Gasteiger partial charge is 0.342 e. The van der Waals surface area contributed by atoms with Crippen molar-refractivity contribution in [2.24, 2.45) is 5.92 Å². The summed E-state index contributed by atoms with van der Waals surface area (Å²) >= 11 is 0. The highest BCUT2D eigenvalue weighted by Gasteiger charge is 2.41. The molecule has 1 N–H and O–H groups in total. The van der Waals surface area contributed by atoms with Crippen LogP contribution >= 0.6 is 0 Å². The van der Waals surface area contributed by atoms with Crippen LogP contribution in [0.25, 0.3) is 0 Å². The zero-order chi connectivity index (χ0) is 14.7. The van der Waals surface area contributed by atoms with Crippen LogP contribution in [0, 0.1) is 5.92 Å². The molecule has 2 rings (SSSR count). The average molecular weight is 274 g/mol. The second kappa shape index (κ2) is 6.07. The number of amides is 2. The molecule has 1 aromatic carbocycles. The van der Waals surface area contributed by atoms with Gasteiger partial charge in [-0.05, 0) is 17.9 Å². The van der Waals surface area contributed by atoms with Crippen molar-refractivity contribution in [2.45, 2.75) is 39.3 Å². The third-order valence-corrected chi connectivity index (χ3v) is 3.65. The van der Waals surface area contributed by atoms with Crippen LogP contribution in [0.1, 0.15) is 38.8 Å². The monoisotopic (exact) mass is 274 g/mol. The summed E-state index contributed by atoms with van der Waals surface area (Å²) in [5.74, 6) is 0.0424. The Labute approximate surface area is 120 Å². The maximum Gasteiger partial charge on any atom is 0.248 e. The Morgan fingerprint density at radius 3 is 2.40 bits per heavy atom. The fraction of sp³-hybridized carbons (Fsp3) is 0.500. The summed E-state index contributed by atoms with van der Waals surface area (Å²) in [5.41, 5.74) is 0.869. The van der Waals surface area contributed by atoms with Crippen molar-refractivity contribution in [3.8, 4) is 0 Å². The molecular weight excluding hydrogens is 252 g/mol. The van der Waals surface area contributed by atoms with Crippen molar-refractivity contribution in [3.63, 3.8) is 0 Å². The molecule has 1 aliphatic heterocycles. The number of carbonyl (C=O) groups excluding carboxylic acids is 2. The van der Waals surface area contributed by atoms with Gasteiger partial charge < -0.3 is 10.2 Å². The van der Waals surface area contributed by atoms with Crippen molar-refractivity contribution in [1.82, 2.24) is 10.2 Å². The quantitative estimate of drug-likeness (QED) is 0.914. The molecule has 1 aromatic rings. The van der Waals surface area contributed by atoms with E-state index in [1.54, 1.807) is 4.90 Å². The van der Waals surface area contributed by atoms with E-state index in [4.69, 9.17) is 0 Å². The van der Waals surface area contributed by atoms with Crippen molar-refractivity contribution >= 4 is 11.8 Å². The summed E-state index contributed by atoms with van der Waals surface area (Å²) in [6.45, 7) is 6.53. The molecule has 0 aromatic heterocycles. The number of benzene rings is 1. The SMILES string of the molecule is CCCN1C(=O)C(C(C)C)NC(=O)C1c1ccccc1. The molecule has 2 atom stereocenters. The summed E-state index contributed by atoms with van der Waals surface area (Å²) in [6, 6.07) is 8.59. The van der Waals surface area contributed by atoms with Gasteiger partial charge in [-0.1, -0.05) is 51.1 Å². The summed E-state index contributed by atoms with van der Waals surface area (Å²) in [6.07, 6.45) is 0.840. The van der Waals surface area contributed by atoms with Gasteiger partial charge in [-0.3, -0.25) is 9.59 Å². The first-order chi connectivity index (χ1) is 9.56. The highest BCUT2D eigenvalue weighted by atomic mass is 16.2. The maximum atomic E-state index is 12.6. The van der Waals surface area contributed by atoms with Crippen LogP contribution in [-0.2, 0) is 9.59 Å². The van der Waals surface area contributed by atoms with Crippen LogP contribution in [0.2, 0.25) is 0 Å². The number of hydrogen-bond acceptors (Lipinski definition) is 2. The van der Waals surface area contributed by atoms with Crippen LogP contribution in [0.5, 0.6) is 0 Å². The Balaban J connectivity index is 2.35. The molecule has 0 saturated carbocycles. The zero-order valence-corrected chi connectivity index (χ0v) is 12.3. The Kier molecular flexibility index (Phi) is 4.42. The third kappa shape index (κ3) is 2.69. The van der Waals surface area contributed by atoms with E-state index < -0.39 is 12.1 Å². The van der Waals surface area contributed by atoms with E-state index in [2.05, 4.69) is 5.32 Å². The lowest BCUT2D eigenvalue weighted by Crippen LogP contribution is -2.61. The van der Waals surface area contributed by atoms with Gasteiger partial charge in [0, 0.05) is 6.54 Å². The maximum absolute atomic E-state index is 12.6. The molecule has 20 heavy (non-hydrogen) atoms. The molecule has 0 bridgehead atoms. The van der Waals surface area contributed by atoms with E-state index in [1.165, 1.54) is 0 Å². The second-order valence-corrected chi connectivity index (χ2v) is 5.58. The van der Waals surface area contributed by atoms with Crippen molar-refractivity contribution < 1.29 is 9.59 Å². The van der Waals surface area contributed by atoms with Crippen LogP contribution in [0.15, 0.2) is 30.3 Å². The summed E-state index contributed by atoms with van der Waals surface area (Å²) in [7, 11) is 0. The molecule has 1 fully saturated rings. The van der Waals surface area contributed by atoms with E-state index in [-0.39, 0.29) is 17.7 Å². The van der Waals surface area contributed by atoms with Crippen LogP contribution in [-0.4, -0.2) is 29.3 Å². The summed E-state index contributed by atoms with van der Waals surface area (Å²) < 4.78 is 0. The molecule has 4 nitrogen and oxygen atoms in total. The molecule has 0 spiro atoms. The Bertz CT molecular complexity index is 485. The van der Waals surface area contributed by atoms with Crippen molar-refractivity contribution in [3.05, 3.63) is 35.9 Å².